The van der Waals surface area contributed by atoms with Crippen LogP contribution in [0.4, 0.5) is 4.39 Å². The number of halogens is 2. The molecule has 1 fully saturated rings. The third kappa shape index (κ3) is 2.32. The van der Waals surface area contributed by atoms with E-state index in [9.17, 15) is 9.50 Å². The van der Waals surface area contributed by atoms with Gasteiger partial charge in [-0.15, -0.1) is 0 Å². The summed E-state index contributed by atoms with van der Waals surface area (Å²) in [5, 5.41) is 10.7. The van der Waals surface area contributed by atoms with Gasteiger partial charge in [-0.3, -0.25) is 0 Å². The van der Waals surface area contributed by atoms with Crippen LogP contribution in [0.5, 0.6) is 0 Å². The van der Waals surface area contributed by atoms with E-state index in [-0.39, 0.29) is 5.82 Å². The lowest BCUT2D eigenvalue weighted by Crippen LogP contribution is -2.28. The van der Waals surface area contributed by atoms with Crippen LogP contribution in [0, 0.1) is 5.82 Å². The highest BCUT2D eigenvalue weighted by Gasteiger charge is 2.31. The molecule has 1 aliphatic carbocycles. The summed E-state index contributed by atoms with van der Waals surface area (Å²) < 4.78 is 13.2. The van der Waals surface area contributed by atoms with E-state index in [2.05, 4.69) is 0 Å². The Morgan fingerprint density at radius 2 is 1.80 bits per heavy atom. The molecule has 0 heterocycles. The molecular formula is C12H14ClFO. The molecule has 2 rings (SSSR count). The van der Waals surface area contributed by atoms with E-state index >= 15 is 0 Å². The summed E-state index contributed by atoms with van der Waals surface area (Å²) in [5.74, 6) is -0.378. The minimum atomic E-state index is -0.871. The molecule has 1 aromatic rings. The summed E-state index contributed by atoms with van der Waals surface area (Å²) >= 11 is 5.78. The monoisotopic (exact) mass is 228 g/mol. The van der Waals surface area contributed by atoms with Crippen LogP contribution in [0.25, 0.3) is 0 Å². The fraction of sp³-hybridized carbons (Fsp3) is 0.500. The van der Waals surface area contributed by atoms with E-state index in [0.717, 1.165) is 19.3 Å². The van der Waals surface area contributed by atoms with Crippen molar-refractivity contribution in [1.29, 1.82) is 0 Å². The van der Waals surface area contributed by atoms with Crippen molar-refractivity contribution in [3.8, 4) is 0 Å². The average molecular weight is 229 g/mol. The number of benzene rings is 1. The lowest BCUT2D eigenvalue weighted by atomic mass is 9.80. The second-order valence-corrected chi connectivity index (χ2v) is 4.69. The molecule has 0 amide bonds. The molecule has 82 valence electrons. The number of hydrogen-bond acceptors (Lipinski definition) is 1. The highest BCUT2D eigenvalue weighted by Crippen LogP contribution is 2.37. The summed E-state index contributed by atoms with van der Waals surface area (Å²) in [4.78, 5) is 0. The molecule has 0 aromatic heterocycles. The zero-order valence-corrected chi connectivity index (χ0v) is 9.23. The predicted octanol–water partition coefficient (Wildman–Crippen LogP) is 3.63. The first-order valence-electron chi connectivity index (χ1n) is 5.29. The first-order valence-corrected chi connectivity index (χ1v) is 5.67. The lowest BCUT2D eigenvalue weighted by Gasteiger charge is -2.32. The maximum absolute atomic E-state index is 13.2. The normalized spacial score (nSPS) is 20.2. The molecule has 3 heteroatoms. The SMILES string of the molecule is OC1(c2cc(F)cc(Cl)c2)CCCCC1. The van der Waals surface area contributed by atoms with Gasteiger partial charge in [-0.1, -0.05) is 30.9 Å². The molecule has 0 atom stereocenters. The maximum atomic E-state index is 13.2. The fourth-order valence-electron chi connectivity index (χ4n) is 2.25. The Labute approximate surface area is 93.9 Å². The van der Waals surface area contributed by atoms with Crippen molar-refractivity contribution in [2.45, 2.75) is 37.7 Å². The smallest absolute Gasteiger partial charge is 0.125 e. The van der Waals surface area contributed by atoms with Gasteiger partial charge < -0.3 is 5.11 Å². The van der Waals surface area contributed by atoms with E-state index in [4.69, 9.17) is 11.6 Å². The molecule has 15 heavy (non-hydrogen) atoms. The first-order chi connectivity index (χ1) is 7.10. The van der Waals surface area contributed by atoms with Gasteiger partial charge in [0.2, 0.25) is 0 Å². The number of hydrogen-bond donors (Lipinski definition) is 1. The summed E-state index contributed by atoms with van der Waals surface area (Å²) in [6.07, 6.45) is 4.53. The van der Waals surface area contributed by atoms with Crippen molar-refractivity contribution in [3.05, 3.63) is 34.6 Å². The van der Waals surface area contributed by atoms with E-state index in [1.165, 1.54) is 12.1 Å². The van der Waals surface area contributed by atoms with Gasteiger partial charge >= 0.3 is 0 Å². The van der Waals surface area contributed by atoms with Gasteiger partial charge in [0.25, 0.3) is 0 Å². The Morgan fingerprint density at radius 3 is 2.40 bits per heavy atom. The average Bonchev–Trinajstić information content (AvgIpc) is 2.17. The van der Waals surface area contributed by atoms with Crippen LogP contribution >= 0.6 is 11.6 Å². The highest BCUT2D eigenvalue weighted by atomic mass is 35.5. The van der Waals surface area contributed by atoms with Gasteiger partial charge in [-0.25, -0.2) is 4.39 Å². The molecular weight excluding hydrogens is 215 g/mol. The lowest BCUT2D eigenvalue weighted by molar-refractivity contribution is -0.000877. The van der Waals surface area contributed by atoms with Crippen molar-refractivity contribution >= 4 is 11.6 Å². The van der Waals surface area contributed by atoms with Crippen LogP contribution in [0.3, 0.4) is 0 Å². The minimum Gasteiger partial charge on any atom is -0.385 e. The van der Waals surface area contributed by atoms with Crippen LogP contribution in [0.2, 0.25) is 5.02 Å². The van der Waals surface area contributed by atoms with E-state index < -0.39 is 5.60 Å². The van der Waals surface area contributed by atoms with Crippen molar-refractivity contribution < 1.29 is 9.50 Å². The predicted molar refractivity (Wildman–Crippen MR) is 58.4 cm³/mol. The Bertz CT molecular complexity index is 338. The second-order valence-electron chi connectivity index (χ2n) is 4.25. The molecule has 0 aliphatic heterocycles. The first kappa shape index (κ1) is 10.9. The molecule has 1 aromatic carbocycles. The summed E-state index contributed by atoms with van der Waals surface area (Å²) in [6, 6.07) is 4.31. The molecule has 0 radical (unpaired) electrons. The molecule has 0 unspecified atom stereocenters. The van der Waals surface area contributed by atoms with Crippen LogP contribution in [0.1, 0.15) is 37.7 Å². The quantitative estimate of drug-likeness (QED) is 0.778. The maximum Gasteiger partial charge on any atom is 0.125 e. The van der Waals surface area contributed by atoms with Gasteiger partial charge in [0, 0.05) is 5.02 Å². The van der Waals surface area contributed by atoms with E-state index in [1.54, 1.807) is 6.07 Å². The third-order valence-corrected chi connectivity index (χ3v) is 3.30. The fourth-order valence-corrected chi connectivity index (χ4v) is 2.47. The Balaban J connectivity index is 2.34. The van der Waals surface area contributed by atoms with Crippen LogP contribution in [-0.4, -0.2) is 5.11 Å². The van der Waals surface area contributed by atoms with Crippen LogP contribution in [-0.2, 0) is 5.60 Å². The highest BCUT2D eigenvalue weighted by molar-refractivity contribution is 6.30. The topological polar surface area (TPSA) is 20.2 Å². The third-order valence-electron chi connectivity index (χ3n) is 3.08. The van der Waals surface area contributed by atoms with Gasteiger partial charge in [0.15, 0.2) is 0 Å². The Morgan fingerprint density at radius 1 is 1.13 bits per heavy atom. The van der Waals surface area contributed by atoms with Crippen LogP contribution < -0.4 is 0 Å². The summed E-state index contributed by atoms with van der Waals surface area (Å²) in [7, 11) is 0. The van der Waals surface area contributed by atoms with Crippen molar-refractivity contribution in [2.24, 2.45) is 0 Å². The van der Waals surface area contributed by atoms with Crippen molar-refractivity contribution in [1.82, 2.24) is 0 Å². The van der Waals surface area contributed by atoms with Gasteiger partial charge in [-0.05, 0) is 36.6 Å². The van der Waals surface area contributed by atoms with Gasteiger partial charge in [0.1, 0.15) is 5.82 Å². The van der Waals surface area contributed by atoms with E-state index in [1.807, 2.05) is 0 Å². The molecule has 1 saturated carbocycles. The number of aliphatic hydroxyl groups is 1. The Kier molecular flexibility index (Phi) is 2.98. The Hall–Kier alpha value is -0.600. The zero-order chi connectivity index (χ0) is 10.9. The molecule has 1 N–H and O–H groups in total. The molecule has 1 aliphatic rings. The minimum absolute atomic E-state index is 0.351. The van der Waals surface area contributed by atoms with Gasteiger partial charge in [-0.2, -0.15) is 0 Å². The second kappa shape index (κ2) is 4.11. The molecule has 0 bridgehead atoms. The standard InChI is InChI=1S/C12H14ClFO/c13-10-6-9(7-11(14)8-10)12(15)4-2-1-3-5-12/h6-8,15H,1-5H2. The zero-order valence-electron chi connectivity index (χ0n) is 8.47. The van der Waals surface area contributed by atoms with Crippen molar-refractivity contribution in [3.63, 3.8) is 0 Å². The molecule has 0 spiro atoms. The van der Waals surface area contributed by atoms with Crippen LogP contribution in [0.15, 0.2) is 18.2 Å². The molecule has 1 nitrogen and oxygen atoms in total. The summed E-state index contributed by atoms with van der Waals surface area (Å²) in [5.41, 5.74) is -0.253. The largest absolute Gasteiger partial charge is 0.385 e. The summed E-state index contributed by atoms with van der Waals surface area (Å²) in [6.45, 7) is 0. The van der Waals surface area contributed by atoms with Gasteiger partial charge in [0.05, 0.1) is 5.60 Å². The van der Waals surface area contributed by atoms with E-state index in [0.29, 0.717) is 23.4 Å². The molecule has 0 saturated heterocycles. The number of rotatable bonds is 1. The van der Waals surface area contributed by atoms with Crippen molar-refractivity contribution in [2.75, 3.05) is 0 Å².